The van der Waals surface area contributed by atoms with E-state index in [1.807, 2.05) is 41.8 Å². The second-order valence-corrected chi connectivity index (χ2v) is 6.34. The van der Waals surface area contributed by atoms with Gasteiger partial charge in [-0.3, -0.25) is 4.79 Å². The van der Waals surface area contributed by atoms with Gasteiger partial charge in [-0.05, 0) is 54.6 Å². The molecular weight excluding hydrogens is 378 g/mol. The summed E-state index contributed by atoms with van der Waals surface area (Å²) >= 11 is 3.55. The number of hydrogen-bond acceptors (Lipinski definition) is 3. The lowest BCUT2D eigenvalue weighted by Gasteiger charge is -2.12. The largest absolute Gasteiger partial charge is 0.344 e. The Labute approximate surface area is 128 Å². The third kappa shape index (κ3) is 3.50. The summed E-state index contributed by atoms with van der Waals surface area (Å²) in [4.78, 5) is 16.4. The van der Waals surface area contributed by atoms with E-state index in [0.717, 1.165) is 14.3 Å². The molecule has 1 N–H and O–H groups in total. The van der Waals surface area contributed by atoms with Crippen LogP contribution in [0.4, 0.5) is 4.39 Å². The second-order valence-electron chi connectivity index (χ2n) is 4.11. The Hall–Kier alpha value is -1.02. The minimum absolute atomic E-state index is 0.198. The van der Waals surface area contributed by atoms with Crippen LogP contribution in [0.15, 0.2) is 23.6 Å². The highest BCUT2D eigenvalue weighted by Crippen LogP contribution is 2.18. The lowest BCUT2D eigenvalue weighted by Crippen LogP contribution is -2.27. The van der Waals surface area contributed by atoms with E-state index in [4.69, 9.17) is 0 Å². The first-order valence-electron chi connectivity index (χ1n) is 5.65. The summed E-state index contributed by atoms with van der Waals surface area (Å²) in [6, 6.07) is 3.97. The van der Waals surface area contributed by atoms with Crippen molar-refractivity contribution >= 4 is 39.8 Å². The van der Waals surface area contributed by atoms with E-state index in [0.29, 0.717) is 5.56 Å². The second kappa shape index (κ2) is 5.96. The minimum atomic E-state index is -0.414. The van der Waals surface area contributed by atoms with Crippen LogP contribution in [0.25, 0.3) is 0 Å². The van der Waals surface area contributed by atoms with Crippen molar-refractivity contribution < 1.29 is 9.18 Å². The fourth-order valence-electron chi connectivity index (χ4n) is 1.60. The van der Waals surface area contributed by atoms with Gasteiger partial charge in [0.05, 0.1) is 22.3 Å². The first kappa shape index (κ1) is 14.4. The van der Waals surface area contributed by atoms with E-state index >= 15 is 0 Å². The molecule has 19 heavy (non-hydrogen) atoms. The molecule has 0 spiro atoms. The Morgan fingerprint density at radius 1 is 1.53 bits per heavy atom. The van der Waals surface area contributed by atoms with Crippen LogP contribution in [0, 0.1) is 16.3 Å². The van der Waals surface area contributed by atoms with Crippen LogP contribution < -0.4 is 5.32 Å². The van der Waals surface area contributed by atoms with Crippen LogP contribution in [0.2, 0.25) is 0 Å². The Bertz CT molecular complexity index is 614. The number of carbonyl (C=O) groups is 1. The maximum Gasteiger partial charge on any atom is 0.252 e. The summed E-state index contributed by atoms with van der Waals surface area (Å²) < 4.78 is 13.9. The lowest BCUT2D eigenvalue weighted by molar-refractivity contribution is 0.0938. The normalized spacial score (nSPS) is 12.2. The lowest BCUT2D eigenvalue weighted by atomic mass is 10.2. The summed E-state index contributed by atoms with van der Waals surface area (Å²) in [6.45, 7) is 3.77. The molecule has 0 radical (unpaired) electrons. The molecule has 0 saturated carbocycles. The number of hydrogen-bond donors (Lipinski definition) is 1. The molecule has 1 heterocycles. The number of thiazole rings is 1. The number of benzene rings is 1. The molecule has 100 valence electrons. The van der Waals surface area contributed by atoms with Crippen molar-refractivity contribution in [2.75, 3.05) is 0 Å². The standard InChI is InChI=1S/C13H12FIN2OS/c1-7(12-6-19-8(2)17-12)16-13(18)10-5-9(14)3-4-11(10)15/h3-7H,1-2H3,(H,16,18). The molecule has 0 aliphatic heterocycles. The van der Waals surface area contributed by atoms with E-state index in [2.05, 4.69) is 10.3 Å². The molecule has 0 saturated heterocycles. The monoisotopic (exact) mass is 390 g/mol. The summed E-state index contributed by atoms with van der Waals surface area (Å²) in [5.41, 5.74) is 1.17. The van der Waals surface area contributed by atoms with E-state index in [9.17, 15) is 9.18 Å². The molecule has 1 unspecified atom stereocenters. The highest BCUT2D eigenvalue weighted by Gasteiger charge is 2.16. The van der Waals surface area contributed by atoms with Crippen molar-refractivity contribution in [2.45, 2.75) is 19.9 Å². The third-order valence-corrected chi connectivity index (χ3v) is 4.33. The summed E-state index contributed by atoms with van der Waals surface area (Å²) in [6.07, 6.45) is 0. The summed E-state index contributed by atoms with van der Waals surface area (Å²) in [5, 5.41) is 5.70. The van der Waals surface area contributed by atoms with Crippen LogP contribution in [0.1, 0.15) is 34.0 Å². The molecule has 1 atom stereocenters. The predicted octanol–water partition coefficient (Wildman–Crippen LogP) is 3.69. The van der Waals surface area contributed by atoms with Gasteiger partial charge in [0.25, 0.3) is 5.91 Å². The number of amides is 1. The van der Waals surface area contributed by atoms with E-state index in [-0.39, 0.29) is 11.9 Å². The van der Waals surface area contributed by atoms with Gasteiger partial charge >= 0.3 is 0 Å². The smallest absolute Gasteiger partial charge is 0.252 e. The van der Waals surface area contributed by atoms with E-state index in [1.54, 1.807) is 6.07 Å². The number of halogens is 2. The molecule has 2 aromatic rings. The molecule has 6 heteroatoms. The molecular formula is C13H12FIN2OS. The van der Waals surface area contributed by atoms with Crippen LogP contribution in [-0.4, -0.2) is 10.9 Å². The van der Waals surface area contributed by atoms with E-state index < -0.39 is 5.82 Å². The number of aromatic nitrogens is 1. The van der Waals surface area contributed by atoms with E-state index in [1.165, 1.54) is 23.5 Å². The molecule has 3 nitrogen and oxygen atoms in total. The number of rotatable bonds is 3. The van der Waals surface area contributed by atoms with Gasteiger partial charge in [0.1, 0.15) is 5.82 Å². The summed E-state index contributed by atoms with van der Waals surface area (Å²) in [7, 11) is 0. The highest BCUT2D eigenvalue weighted by atomic mass is 127. The van der Waals surface area contributed by atoms with Crippen molar-refractivity contribution in [2.24, 2.45) is 0 Å². The van der Waals surface area contributed by atoms with Crippen LogP contribution in [-0.2, 0) is 0 Å². The van der Waals surface area contributed by atoms with Crippen molar-refractivity contribution in [1.29, 1.82) is 0 Å². The molecule has 2 rings (SSSR count). The minimum Gasteiger partial charge on any atom is -0.344 e. The maximum atomic E-state index is 13.2. The average Bonchev–Trinajstić information content (AvgIpc) is 2.79. The highest BCUT2D eigenvalue weighted by molar-refractivity contribution is 14.1. The van der Waals surface area contributed by atoms with Gasteiger partial charge in [-0.25, -0.2) is 9.37 Å². The predicted molar refractivity (Wildman–Crippen MR) is 81.8 cm³/mol. The zero-order valence-corrected chi connectivity index (χ0v) is 13.4. The van der Waals surface area contributed by atoms with Gasteiger partial charge in [-0.1, -0.05) is 0 Å². The van der Waals surface area contributed by atoms with Crippen LogP contribution in [0.3, 0.4) is 0 Å². The Balaban J connectivity index is 2.15. The zero-order valence-electron chi connectivity index (χ0n) is 10.4. The van der Waals surface area contributed by atoms with Gasteiger partial charge in [0.15, 0.2) is 0 Å². The molecule has 1 aromatic heterocycles. The molecule has 0 bridgehead atoms. The van der Waals surface area contributed by atoms with Crippen molar-refractivity contribution in [3.05, 3.63) is 49.2 Å². The first-order valence-corrected chi connectivity index (χ1v) is 7.61. The SMILES string of the molecule is Cc1nc(C(C)NC(=O)c2cc(F)ccc2I)cs1. The van der Waals surface area contributed by atoms with Gasteiger partial charge in [0.2, 0.25) is 0 Å². The number of nitrogens with one attached hydrogen (secondary N) is 1. The molecule has 1 amide bonds. The van der Waals surface area contributed by atoms with Gasteiger partial charge in [-0.2, -0.15) is 0 Å². The van der Waals surface area contributed by atoms with Gasteiger partial charge in [0, 0.05) is 8.95 Å². The number of aryl methyl sites for hydroxylation is 1. The van der Waals surface area contributed by atoms with Crippen LogP contribution >= 0.6 is 33.9 Å². The quantitative estimate of drug-likeness (QED) is 0.813. The molecule has 0 fully saturated rings. The third-order valence-electron chi connectivity index (χ3n) is 2.60. The average molecular weight is 390 g/mol. The van der Waals surface area contributed by atoms with Crippen molar-refractivity contribution in [3.63, 3.8) is 0 Å². The molecule has 0 aliphatic carbocycles. The fraction of sp³-hybridized carbons (Fsp3) is 0.231. The zero-order chi connectivity index (χ0) is 14.0. The van der Waals surface area contributed by atoms with Gasteiger partial charge in [-0.15, -0.1) is 11.3 Å². The fourth-order valence-corrected chi connectivity index (χ4v) is 2.89. The van der Waals surface area contributed by atoms with Crippen molar-refractivity contribution in [1.82, 2.24) is 10.3 Å². The Morgan fingerprint density at radius 3 is 2.89 bits per heavy atom. The molecule has 1 aromatic carbocycles. The van der Waals surface area contributed by atoms with Gasteiger partial charge < -0.3 is 5.32 Å². The van der Waals surface area contributed by atoms with Crippen LogP contribution in [0.5, 0.6) is 0 Å². The number of carbonyl (C=O) groups excluding carboxylic acids is 1. The topological polar surface area (TPSA) is 42.0 Å². The maximum absolute atomic E-state index is 13.2. The first-order chi connectivity index (χ1) is 8.97. The summed E-state index contributed by atoms with van der Waals surface area (Å²) in [5.74, 6) is -0.704. The number of nitrogens with zero attached hydrogens (tertiary/aromatic N) is 1. The Morgan fingerprint density at radius 2 is 2.26 bits per heavy atom. The van der Waals surface area contributed by atoms with Crippen molar-refractivity contribution in [3.8, 4) is 0 Å². The molecule has 0 aliphatic rings. The Kier molecular flexibility index (Phi) is 4.51.